The van der Waals surface area contributed by atoms with Crippen molar-refractivity contribution in [1.82, 2.24) is 5.32 Å². The molecule has 0 saturated carbocycles. The summed E-state index contributed by atoms with van der Waals surface area (Å²) in [6, 6.07) is 7.62. The van der Waals surface area contributed by atoms with E-state index in [0.29, 0.717) is 5.92 Å². The highest BCUT2D eigenvalue weighted by atomic mass is 16.5. The smallest absolute Gasteiger partial charge is 0.224 e. The van der Waals surface area contributed by atoms with Gasteiger partial charge in [0.25, 0.3) is 0 Å². The number of hydrogen-bond donors (Lipinski definition) is 2. The average molecular weight is 278 g/mol. The minimum atomic E-state index is -0.200. The molecule has 0 aromatic heterocycles. The molecule has 1 amide bonds. The lowest BCUT2D eigenvalue weighted by Crippen LogP contribution is -2.41. The van der Waals surface area contributed by atoms with E-state index in [1.54, 1.807) is 7.11 Å². The number of hydrogen-bond acceptors (Lipinski definition) is 3. The van der Waals surface area contributed by atoms with Gasteiger partial charge in [0, 0.05) is 12.0 Å². The average Bonchev–Trinajstić information content (AvgIpc) is 2.43. The highest BCUT2D eigenvalue weighted by Gasteiger charge is 2.23. The number of nitrogens with one attached hydrogen (secondary N) is 1. The van der Waals surface area contributed by atoms with Gasteiger partial charge in [-0.15, -0.1) is 0 Å². The Labute approximate surface area is 121 Å². The number of benzene rings is 1. The lowest BCUT2D eigenvalue weighted by atomic mass is 9.94. The van der Waals surface area contributed by atoms with Crippen molar-refractivity contribution in [1.29, 1.82) is 0 Å². The van der Waals surface area contributed by atoms with Crippen molar-refractivity contribution in [2.45, 2.75) is 39.8 Å². The van der Waals surface area contributed by atoms with Gasteiger partial charge in [-0.25, -0.2) is 0 Å². The minimum Gasteiger partial charge on any atom is -0.497 e. The molecule has 0 aliphatic carbocycles. The first-order valence-corrected chi connectivity index (χ1v) is 7.06. The van der Waals surface area contributed by atoms with Gasteiger partial charge >= 0.3 is 0 Å². The van der Waals surface area contributed by atoms with Crippen LogP contribution in [0.25, 0.3) is 0 Å². The van der Waals surface area contributed by atoms with E-state index in [0.717, 1.165) is 11.3 Å². The van der Waals surface area contributed by atoms with Gasteiger partial charge in [-0.2, -0.15) is 0 Å². The molecule has 4 heteroatoms. The number of ether oxygens (including phenoxy) is 1. The van der Waals surface area contributed by atoms with E-state index in [1.165, 1.54) is 0 Å². The molecule has 0 aliphatic rings. The van der Waals surface area contributed by atoms with Crippen molar-refractivity contribution in [3.05, 3.63) is 29.8 Å². The van der Waals surface area contributed by atoms with Crippen LogP contribution in [0.15, 0.2) is 24.3 Å². The third kappa shape index (κ3) is 4.23. The first-order valence-electron chi connectivity index (χ1n) is 7.06. The van der Waals surface area contributed by atoms with Crippen molar-refractivity contribution < 1.29 is 9.53 Å². The lowest BCUT2D eigenvalue weighted by Gasteiger charge is -2.26. The number of amides is 1. The van der Waals surface area contributed by atoms with Crippen LogP contribution in [0.1, 0.15) is 39.3 Å². The Kier molecular flexibility index (Phi) is 6.02. The maximum atomic E-state index is 12.2. The van der Waals surface area contributed by atoms with Crippen LogP contribution < -0.4 is 15.8 Å². The molecule has 3 unspecified atom stereocenters. The van der Waals surface area contributed by atoms with Crippen LogP contribution in [0.3, 0.4) is 0 Å². The predicted molar refractivity (Wildman–Crippen MR) is 81.5 cm³/mol. The summed E-state index contributed by atoms with van der Waals surface area (Å²) >= 11 is 0. The number of carbonyl (C=O) groups excluding carboxylic acids is 1. The highest BCUT2D eigenvalue weighted by Crippen LogP contribution is 2.24. The Bertz CT molecular complexity index is 427. The summed E-state index contributed by atoms with van der Waals surface area (Å²) in [4.78, 5) is 12.2. The molecule has 3 N–H and O–H groups in total. The molecule has 1 rings (SSSR count). The van der Waals surface area contributed by atoms with Crippen molar-refractivity contribution >= 4 is 5.91 Å². The van der Waals surface area contributed by atoms with Gasteiger partial charge in [0.05, 0.1) is 13.2 Å². The molecule has 20 heavy (non-hydrogen) atoms. The summed E-state index contributed by atoms with van der Waals surface area (Å²) in [7, 11) is 1.64. The van der Waals surface area contributed by atoms with Crippen LogP contribution in [-0.2, 0) is 4.79 Å². The number of carbonyl (C=O) groups is 1. The fraction of sp³-hybridized carbons (Fsp3) is 0.562. The zero-order valence-electron chi connectivity index (χ0n) is 13.0. The van der Waals surface area contributed by atoms with Crippen LogP contribution in [0.4, 0.5) is 0 Å². The first-order chi connectivity index (χ1) is 9.36. The van der Waals surface area contributed by atoms with Crippen molar-refractivity contribution in [3.8, 4) is 5.75 Å². The van der Waals surface area contributed by atoms with Crippen molar-refractivity contribution in [2.24, 2.45) is 17.6 Å². The second-order valence-corrected chi connectivity index (χ2v) is 5.65. The van der Waals surface area contributed by atoms with E-state index >= 15 is 0 Å². The van der Waals surface area contributed by atoms with Gasteiger partial charge in [0.1, 0.15) is 5.75 Å². The van der Waals surface area contributed by atoms with Gasteiger partial charge in [-0.3, -0.25) is 4.79 Å². The maximum absolute atomic E-state index is 12.2. The molecule has 0 saturated heterocycles. The molecule has 4 nitrogen and oxygen atoms in total. The molecule has 0 fully saturated rings. The first kappa shape index (κ1) is 16.5. The van der Waals surface area contributed by atoms with E-state index in [-0.39, 0.29) is 23.9 Å². The third-order valence-corrected chi connectivity index (χ3v) is 3.64. The molecule has 1 aromatic carbocycles. The van der Waals surface area contributed by atoms with Gasteiger partial charge in [0.2, 0.25) is 5.91 Å². The molecule has 0 spiro atoms. The molecule has 0 radical (unpaired) electrons. The maximum Gasteiger partial charge on any atom is 0.224 e. The fourth-order valence-corrected chi connectivity index (χ4v) is 1.97. The van der Waals surface area contributed by atoms with E-state index in [2.05, 4.69) is 19.2 Å². The lowest BCUT2D eigenvalue weighted by molar-refractivity contribution is -0.126. The van der Waals surface area contributed by atoms with Crippen LogP contribution in [0.2, 0.25) is 0 Å². The third-order valence-electron chi connectivity index (χ3n) is 3.64. The number of methoxy groups -OCH3 is 1. The Morgan fingerprint density at radius 2 is 1.70 bits per heavy atom. The predicted octanol–water partition coefficient (Wildman–Crippen LogP) is 2.49. The van der Waals surface area contributed by atoms with Crippen LogP contribution in [0, 0.1) is 11.8 Å². The van der Waals surface area contributed by atoms with Gasteiger partial charge < -0.3 is 15.8 Å². The standard InChI is InChI=1S/C16H26N2O2/c1-10(2)15(18-16(19)11(3)12(4)17)13-6-8-14(20-5)9-7-13/h6-12,15H,17H2,1-5H3,(H,18,19). The Morgan fingerprint density at radius 3 is 2.10 bits per heavy atom. The van der Waals surface area contributed by atoms with Crippen LogP contribution in [-0.4, -0.2) is 19.1 Å². The molecule has 112 valence electrons. The summed E-state index contributed by atoms with van der Waals surface area (Å²) in [5, 5.41) is 3.09. The Morgan fingerprint density at radius 1 is 1.15 bits per heavy atom. The summed E-state index contributed by atoms with van der Waals surface area (Å²) in [5.41, 5.74) is 6.86. The quantitative estimate of drug-likeness (QED) is 0.840. The van der Waals surface area contributed by atoms with E-state index in [4.69, 9.17) is 10.5 Å². The number of rotatable bonds is 6. The highest BCUT2D eigenvalue weighted by molar-refractivity contribution is 5.79. The Hall–Kier alpha value is -1.55. The van der Waals surface area contributed by atoms with Crippen LogP contribution in [0.5, 0.6) is 5.75 Å². The summed E-state index contributed by atoms with van der Waals surface area (Å²) in [6.07, 6.45) is 0. The number of nitrogens with two attached hydrogens (primary N) is 1. The van der Waals surface area contributed by atoms with Crippen molar-refractivity contribution in [3.63, 3.8) is 0 Å². The summed E-state index contributed by atoms with van der Waals surface area (Å²) < 4.78 is 5.16. The topological polar surface area (TPSA) is 64.3 Å². The summed E-state index contributed by atoms with van der Waals surface area (Å²) in [5.74, 6) is 0.906. The van der Waals surface area contributed by atoms with Gasteiger partial charge in [-0.1, -0.05) is 32.9 Å². The molecular formula is C16H26N2O2. The van der Waals surface area contributed by atoms with Crippen molar-refractivity contribution in [2.75, 3.05) is 7.11 Å². The SMILES string of the molecule is COc1ccc(C(NC(=O)C(C)C(C)N)C(C)C)cc1. The van der Waals surface area contributed by atoms with E-state index in [1.807, 2.05) is 38.1 Å². The van der Waals surface area contributed by atoms with Gasteiger partial charge in [0.15, 0.2) is 0 Å². The van der Waals surface area contributed by atoms with Gasteiger partial charge in [-0.05, 0) is 30.5 Å². The zero-order valence-corrected chi connectivity index (χ0v) is 13.0. The second-order valence-electron chi connectivity index (χ2n) is 5.65. The van der Waals surface area contributed by atoms with E-state index in [9.17, 15) is 4.79 Å². The molecule has 0 bridgehead atoms. The monoisotopic (exact) mass is 278 g/mol. The second kappa shape index (κ2) is 7.29. The fourth-order valence-electron chi connectivity index (χ4n) is 1.97. The molecular weight excluding hydrogens is 252 g/mol. The van der Waals surface area contributed by atoms with E-state index < -0.39 is 0 Å². The normalized spacial score (nSPS) is 15.6. The van der Waals surface area contributed by atoms with Crippen LogP contribution >= 0.6 is 0 Å². The largest absolute Gasteiger partial charge is 0.497 e. The molecule has 0 heterocycles. The molecule has 1 aromatic rings. The molecule has 0 aliphatic heterocycles. The molecule has 3 atom stereocenters. The summed E-state index contributed by atoms with van der Waals surface area (Å²) in [6.45, 7) is 7.88. The Balaban J connectivity index is 2.86. The zero-order chi connectivity index (χ0) is 15.3. The minimum absolute atomic E-state index is 0.00508.